The molecule has 3 saturated heterocycles. The molecule has 54 heavy (non-hydrogen) atoms. The second-order valence-electron chi connectivity index (χ2n) is 13.1. The summed E-state index contributed by atoms with van der Waals surface area (Å²) in [5.41, 5.74) is -1.52. The van der Waals surface area contributed by atoms with Crippen molar-refractivity contribution in [2.24, 2.45) is 0 Å². The molecule has 2 aromatic carbocycles. The second kappa shape index (κ2) is 15.7. The van der Waals surface area contributed by atoms with Crippen molar-refractivity contribution >= 4 is 11.0 Å². The molecule has 21 nitrogen and oxygen atoms in total. The third-order valence-electron chi connectivity index (χ3n) is 9.41. The molecule has 0 aliphatic carbocycles. The fraction of sp³-hybridized carbons (Fsp3) is 0.545. The van der Waals surface area contributed by atoms with Crippen molar-refractivity contribution in [3.05, 3.63) is 40.6 Å². The van der Waals surface area contributed by atoms with E-state index < -0.39 is 151 Å². The van der Waals surface area contributed by atoms with Crippen LogP contribution in [0.15, 0.2) is 39.5 Å². The highest BCUT2D eigenvalue weighted by atomic mass is 16.8. The Morgan fingerprint density at radius 1 is 0.667 bits per heavy atom. The van der Waals surface area contributed by atoms with Crippen molar-refractivity contribution in [2.45, 2.75) is 99.0 Å². The van der Waals surface area contributed by atoms with E-state index in [1.165, 1.54) is 13.0 Å². The van der Waals surface area contributed by atoms with Gasteiger partial charge in [-0.2, -0.15) is 0 Å². The highest BCUT2D eigenvalue weighted by Crippen LogP contribution is 2.40. The van der Waals surface area contributed by atoms with E-state index >= 15 is 0 Å². The number of benzene rings is 2. The third kappa shape index (κ3) is 7.39. The summed E-state index contributed by atoms with van der Waals surface area (Å²) in [4.78, 5) is 13.8. The average molecular weight is 773 g/mol. The van der Waals surface area contributed by atoms with Crippen LogP contribution < -0.4 is 10.2 Å². The van der Waals surface area contributed by atoms with E-state index in [0.717, 1.165) is 24.3 Å². The maximum Gasteiger partial charge on any atom is 0.239 e. The smallest absolute Gasteiger partial charge is 0.239 e. The fourth-order valence-corrected chi connectivity index (χ4v) is 6.30. The first-order valence-electron chi connectivity index (χ1n) is 16.5. The van der Waals surface area contributed by atoms with Gasteiger partial charge in [0.05, 0.1) is 19.3 Å². The summed E-state index contributed by atoms with van der Waals surface area (Å²) >= 11 is 0. The van der Waals surface area contributed by atoms with Gasteiger partial charge in [0.2, 0.25) is 17.5 Å². The Morgan fingerprint density at radius 3 is 2.00 bits per heavy atom. The van der Waals surface area contributed by atoms with Crippen molar-refractivity contribution in [2.75, 3.05) is 13.2 Å². The molecule has 3 aromatic rings. The number of aliphatic hydroxyl groups is 9. The number of fused-ring (bicyclic) bond motifs is 1. The van der Waals surface area contributed by atoms with Crippen LogP contribution in [0.1, 0.15) is 6.92 Å². The zero-order valence-electron chi connectivity index (χ0n) is 28.0. The van der Waals surface area contributed by atoms with Gasteiger partial charge >= 0.3 is 0 Å². The summed E-state index contributed by atoms with van der Waals surface area (Å²) in [5, 5.41) is 134. The fourth-order valence-electron chi connectivity index (χ4n) is 6.30. The Hall–Kier alpha value is -3.91. The topological polar surface area (TPSA) is 349 Å². The largest absolute Gasteiger partial charge is 0.508 e. The Balaban J connectivity index is 1.28. The van der Waals surface area contributed by atoms with E-state index in [4.69, 9.17) is 32.8 Å². The summed E-state index contributed by atoms with van der Waals surface area (Å²) in [7, 11) is 0. The Morgan fingerprint density at radius 2 is 1.31 bits per heavy atom. The maximum absolute atomic E-state index is 13.8. The third-order valence-corrected chi connectivity index (χ3v) is 9.41. The molecule has 6 rings (SSSR count). The van der Waals surface area contributed by atoms with Gasteiger partial charge in [0.1, 0.15) is 89.6 Å². The molecule has 15 unspecified atom stereocenters. The lowest BCUT2D eigenvalue weighted by molar-refractivity contribution is -0.369. The van der Waals surface area contributed by atoms with E-state index in [9.17, 15) is 71.2 Å². The van der Waals surface area contributed by atoms with Crippen LogP contribution in [0.3, 0.4) is 0 Å². The van der Waals surface area contributed by atoms with Crippen molar-refractivity contribution in [1.82, 2.24) is 0 Å². The predicted octanol–water partition coefficient (Wildman–Crippen LogP) is -3.86. The van der Waals surface area contributed by atoms with Crippen LogP contribution in [0, 0.1) is 0 Å². The molecule has 3 aliphatic rings. The summed E-state index contributed by atoms with van der Waals surface area (Å²) in [6.45, 7) is -0.252. The molecule has 1 aromatic heterocycles. The van der Waals surface area contributed by atoms with Gasteiger partial charge in [0, 0.05) is 17.7 Å². The van der Waals surface area contributed by atoms with Crippen LogP contribution in [0.25, 0.3) is 22.3 Å². The van der Waals surface area contributed by atoms with Crippen LogP contribution in [0.4, 0.5) is 0 Å². The Kier molecular flexibility index (Phi) is 11.5. The molecule has 3 aliphatic heterocycles. The lowest BCUT2D eigenvalue weighted by atomic mass is 9.97. The summed E-state index contributed by atoms with van der Waals surface area (Å²) < 4.78 is 39.6. The van der Waals surface area contributed by atoms with E-state index in [2.05, 4.69) is 0 Å². The number of hydrogen-bond acceptors (Lipinski definition) is 21. The number of aromatic hydroxyl groups is 4. The highest BCUT2D eigenvalue weighted by Gasteiger charge is 2.52. The SMILES string of the molecule is CC1OC(OC2C(OCC3OC(Oc4c(-c5ccc(O)c(O)c5)oc5cc(O)cc(O)c5c4=O)C(O)C(O)C3O)OC(CO)C(O)C2O)C(O)C(O)C1O. The highest BCUT2D eigenvalue weighted by molar-refractivity contribution is 5.88. The average Bonchev–Trinajstić information content (AvgIpc) is 3.13. The van der Waals surface area contributed by atoms with Gasteiger partial charge in [-0.05, 0) is 25.1 Å². The summed E-state index contributed by atoms with van der Waals surface area (Å²) in [5.74, 6) is -3.64. The van der Waals surface area contributed by atoms with Crippen molar-refractivity contribution in [3.63, 3.8) is 0 Å². The molecular weight excluding hydrogens is 732 g/mol. The minimum absolute atomic E-state index is 0.0870. The van der Waals surface area contributed by atoms with E-state index in [-0.39, 0.29) is 11.1 Å². The number of ether oxygens (including phenoxy) is 6. The first-order chi connectivity index (χ1) is 25.5. The number of phenolic OH excluding ortho intramolecular Hbond substituents is 4. The van der Waals surface area contributed by atoms with Gasteiger partial charge < -0.3 is 99.2 Å². The van der Waals surface area contributed by atoms with Crippen LogP contribution in [-0.2, 0) is 23.7 Å². The molecular formula is C33H40O21. The van der Waals surface area contributed by atoms with Gasteiger partial charge in [-0.15, -0.1) is 0 Å². The van der Waals surface area contributed by atoms with Gasteiger partial charge in [0.25, 0.3) is 0 Å². The van der Waals surface area contributed by atoms with Crippen LogP contribution in [-0.4, -0.2) is 172 Å². The molecule has 0 radical (unpaired) electrons. The Labute approximate surface area is 303 Å². The van der Waals surface area contributed by atoms with E-state index in [0.29, 0.717) is 0 Å². The second-order valence-corrected chi connectivity index (χ2v) is 13.1. The van der Waals surface area contributed by atoms with Crippen molar-refractivity contribution in [3.8, 4) is 40.1 Å². The maximum atomic E-state index is 13.8. The molecule has 21 heteroatoms. The quantitative estimate of drug-likeness (QED) is 0.0925. The first kappa shape index (κ1) is 39.8. The Bertz CT molecular complexity index is 1850. The minimum Gasteiger partial charge on any atom is -0.508 e. The van der Waals surface area contributed by atoms with Gasteiger partial charge in [-0.1, -0.05) is 0 Å². The number of hydrogen-bond donors (Lipinski definition) is 13. The van der Waals surface area contributed by atoms with Gasteiger partial charge in [-0.3, -0.25) is 4.79 Å². The van der Waals surface area contributed by atoms with Crippen LogP contribution >= 0.6 is 0 Å². The summed E-state index contributed by atoms with van der Waals surface area (Å²) in [6.07, 6.45) is -26.2. The molecule has 4 heterocycles. The first-order valence-corrected chi connectivity index (χ1v) is 16.5. The lowest BCUT2D eigenvalue weighted by Crippen LogP contribution is -2.65. The molecule has 0 saturated carbocycles. The zero-order chi connectivity index (χ0) is 39.3. The monoisotopic (exact) mass is 772 g/mol. The van der Waals surface area contributed by atoms with Gasteiger partial charge in [0.15, 0.2) is 29.8 Å². The molecule has 298 valence electrons. The van der Waals surface area contributed by atoms with Crippen LogP contribution in [0.5, 0.6) is 28.7 Å². The molecule has 0 amide bonds. The molecule has 13 N–H and O–H groups in total. The number of rotatable bonds is 9. The number of phenols is 4. The van der Waals surface area contributed by atoms with Crippen molar-refractivity contribution in [1.29, 1.82) is 0 Å². The summed E-state index contributed by atoms with van der Waals surface area (Å²) in [6, 6.07) is 5.07. The van der Waals surface area contributed by atoms with Gasteiger partial charge in [-0.25, -0.2) is 0 Å². The minimum atomic E-state index is -2.08. The lowest BCUT2D eigenvalue weighted by Gasteiger charge is -2.46. The normalized spacial score (nSPS) is 37.3. The molecule has 0 bridgehead atoms. The molecule has 3 fully saturated rings. The molecule has 0 spiro atoms. The zero-order valence-corrected chi connectivity index (χ0v) is 28.0. The van der Waals surface area contributed by atoms with E-state index in [1.54, 1.807) is 0 Å². The van der Waals surface area contributed by atoms with Crippen molar-refractivity contribution < 1.29 is 99.2 Å². The van der Waals surface area contributed by atoms with E-state index in [1.807, 2.05) is 0 Å². The van der Waals surface area contributed by atoms with Crippen LogP contribution in [0.2, 0.25) is 0 Å². The molecule has 15 atom stereocenters. The predicted molar refractivity (Wildman–Crippen MR) is 173 cm³/mol. The standard InChI is InChI=1S/C33H40O21/c1-9-19(39)23(43)26(46)31(49-9)54-30-25(45)20(40)16(7-34)51-33(30)48-8-17-21(41)24(44)27(47)32(52-17)53-29-22(42)18-14(38)5-11(35)6-15(18)50-28(29)10-2-3-12(36)13(37)4-10/h2-6,9,16-17,19-21,23-27,30-41,43-47H,7-8H2,1H3. The number of aliphatic hydroxyl groups excluding tert-OH is 9.